The first kappa shape index (κ1) is 21.2. The van der Waals surface area contributed by atoms with Crippen LogP contribution in [0.5, 0.6) is 17.2 Å². The maximum atomic E-state index is 13.0. The first-order valence-corrected chi connectivity index (χ1v) is 10.2. The highest BCUT2D eigenvalue weighted by Crippen LogP contribution is 2.30. The van der Waals surface area contributed by atoms with Gasteiger partial charge in [0.15, 0.2) is 6.61 Å². The van der Waals surface area contributed by atoms with Crippen LogP contribution in [-0.2, 0) is 17.9 Å². The van der Waals surface area contributed by atoms with Crippen molar-refractivity contribution in [2.45, 2.75) is 13.1 Å². The molecule has 0 atom stereocenters. The largest absolute Gasteiger partial charge is 0.497 e. The summed E-state index contributed by atoms with van der Waals surface area (Å²) >= 11 is 0. The molecule has 1 heterocycles. The van der Waals surface area contributed by atoms with Crippen LogP contribution < -0.4 is 19.5 Å². The molecule has 1 aliphatic heterocycles. The first-order valence-electron chi connectivity index (χ1n) is 10.2. The highest BCUT2D eigenvalue weighted by atomic mass is 16.5. The lowest BCUT2D eigenvalue weighted by Gasteiger charge is -2.20. The van der Waals surface area contributed by atoms with Gasteiger partial charge in [0.1, 0.15) is 17.2 Å². The van der Waals surface area contributed by atoms with E-state index in [-0.39, 0.29) is 18.4 Å². The van der Waals surface area contributed by atoms with E-state index in [0.717, 1.165) is 11.1 Å². The summed E-state index contributed by atoms with van der Waals surface area (Å²) in [4.78, 5) is 27.3. The number of nitrogens with zero attached hydrogens (tertiary/aromatic N) is 1. The average Bonchev–Trinajstić information content (AvgIpc) is 2.97. The molecule has 1 aliphatic rings. The van der Waals surface area contributed by atoms with Gasteiger partial charge < -0.3 is 24.4 Å². The monoisotopic (exact) mass is 432 g/mol. The predicted molar refractivity (Wildman–Crippen MR) is 120 cm³/mol. The van der Waals surface area contributed by atoms with E-state index in [9.17, 15) is 9.59 Å². The van der Waals surface area contributed by atoms with Gasteiger partial charge in [-0.3, -0.25) is 9.59 Å². The van der Waals surface area contributed by atoms with E-state index >= 15 is 0 Å². The van der Waals surface area contributed by atoms with Crippen molar-refractivity contribution < 1.29 is 23.8 Å². The van der Waals surface area contributed by atoms with Gasteiger partial charge in [0.25, 0.3) is 11.8 Å². The van der Waals surface area contributed by atoms with Crippen LogP contribution in [0.1, 0.15) is 21.5 Å². The Morgan fingerprint density at radius 1 is 1.03 bits per heavy atom. The molecule has 0 bridgehead atoms. The molecule has 32 heavy (non-hydrogen) atoms. The van der Waals surface area contributed by atoms with Crippen molar-refractivity contribution in [2.75, 3.05) is 26.1 Å². The standard InChI is InChI=1S/C25H24N2O5/c1-30-20-9-11-23(31-2)21(13-20)26-25(29)18-8-10-22-19(12-18)15-27(24(28)16-32-22)14-17-6-4-3-5-7-17/h3-13H,14-16H2,1-2H3,(H,26,29). The van der Waals surface area contributed by atoms with Crippen molar-refractivity contribution in [3.63, 3.8) is 0 Å². The number of carbonyl (C=O) groups excluding carboxylic acids is 2. The van der Waals surface area contributed by atoms with Gasteiger partial charge in [-0.2, -0.15) is 0 Å². The molecule has 0 radical (unpaired) electrons. The van der Waals surface area contributed by atoms with Crippen molar-refractivity contribution in [3.8, 4) is 17.2 Å². The number of ether oxygens (including phenoxy) is 3. The summed E-state index contributed by atoms with van der Waals surface area (Å²) in [5, 5.41) is 2.87. The minimum atomic E-state index is -0.301. The number of benzene rings is 3. The molecule has 1 N–H and O–H groups in total. The normalized spacial score (nSPS) is 12.9. The van der Waals surface area contributed by atoms with Crippen molar-refractivity contribution in [2.24, 2.45) is 0 Å². The Morgan fingerprint density at radius 3 is 2.59 bits per heavy atom. The summed E-state index contributed by atoms with van der Waals surface area (Å²) in [7, 11) is 3.10. The number of hydrogen-bond donors (Lipinski definition) is 1. The summed E-state index contributed by atoms with van der Waals surface area (Å²) in [6.45, 7) is 0.791. The maximum absolute atomic E-state index is 13.0. The highest BCUT2D eigenvalue weighted by Gasteiger charge is 2.23. The Labute approximate surface area is 186 Å². The average molecular weight is 432 g/mol. The quantitative estimate of drug-likeness (QED) is 0.640. The highest BCUT2D eigenvalue weighted by molar-refractivity contribution is 6.05. The van der Waals surface area contributed by atoms with Crippen molar-refractivity contribution >= 4 is 17.5 Å². The number of methoxy groups -OCH3 is 2. The number of nitrogens with one attached hydrogen (secondary N) is 1. The number of anilines is 1. The van der Waals surface area contributed by atoms with Crippen LogP contribution in [-0.4, -0.2) is 37.5 Å². The first-order chi connectivity index (χ1) is 15.6. The molecular weight excluding hydrogens is 408 g/mol. The molecule has 2 amide bonds. The lowest BCUT2D eigenvalue weighted by atomic mass is 10.1. The maximum Gasteiger partial charge on any atom is 0.261 e. The van der Waals surface area contributed by atoms with Crippen LogP contribution in [0.3, 0.4) is 0 Å². The summed E-state index contributed by atoms with van der Waals surface area (Å²) in [5.41, 5.74) is 2.76. The summed E-state index contributed by atoms with van der Waals surface area (Å²) in [5.74, 6) is 1.33. The molecule has 164 valence electrons. The van der Waals surface area contributed by atoms with Gasteiger partial charge in [-0.25, -0.2) is 0 Å². The topological polar surface area (TPSA) is 77.1 Å². The lowest BCUT2D eigenvalue weighted by molar-refractivity contribution is -0.133. The Bertz CT molecular complexity index is 1130. The minimum absolute atomic E-state index is 0.0353. The number of amides is 2. The Hall–Kier alpha value is -4.00. The summed E-state index contributed by atoms with van der Waals surface area (Å²) in [6.07, 6.45) is 0. The molecule has 0 fully saturated rings. The Balaban J connectivity index is 1.56. The molecule has 0 aromatic heterocycles. The van der Waals surface area contributed by atoms with Gasteiger partial charge in [0.05, 0.1) is 19.9 Å². The van der Waals surface area contributed by atoms with Gasteiger partial charge in [0, 0.05) is 30.3 Å². The van der Waals surface area contributed by atoms with Gasteiger partial charge in [0.2, 0.25) is 0 Å². The third-order valence-electron chi connectivity index (χ3n) is 5.26. The second-order valence-corrected chi connectivity index (χ2v) is 7.37. The molecule has 7 nitrogen and oxygen atoms in total. The lowest BCUT2D eigenvalue weighted by Crippen LogP contribution is -2.31. The zero-order chi connectivity index (χ0) is 22.5. The van der Waals surface area contributed by atoms with E-state index in [0.29, 0.717) is 41.6 Å². The molecule has 0 unspecified atom stereocenters. The van der Waals surface area contributed by atoms with E-state index in [1.807, 2.05) is 30.3 Å². The van der Waals surface area contributed by atoms with Gasteiger partial charge in [-0.1, -0.05) is 30.3 Å². The molecule has 0 saturated carbocycles. The number of rotatable bonds is 6. The Kier molecular flexibility index (Phi) is 6.26. The van der Waals surface area contributed by atoms with E-state index in [4.69, 9.17) is 14.2 Å². The van der Waals surface area contributed by atoms with Crippen LogP contribution in [0.15, 0.2) is 66.7 Å². The molecule has 7 heteroatoms. The van der Waals surface area contributed by atoms with E-state index in [2.05, 4.69) is 5.32 Å². The van der Waals surface area contributed by atoms with Crippen molar-refractivity contribution in [3.05, 3.63) is 83.4 Å². The smallest absolute Gasteiger partial charge is 0.261 e. The van der Waals surface area contributed by atoms with Gasteiger partial charge >= 0.3 is 0 Å². The summed E-state index contributed by atoms with van der Waals surface area (Å²) < 4.78 is 16.3. The fourth-order valence-electron chi connectivity index (χ4n) is 3.56. The van der Waals surface area contributed by atoms with Crippen LogP contribution >= 0.6 is 0 Å². The fourth-order valence-corrected chi connectivity index (χ4v) is 3.56. The van der Waals surface area contributed by atoms with Crippen LogP contribution in [0.4, 0.5) is 5.69 Å². The van der Waals surface area contributed by atoms with Crippen LogP contribution in [0, 0.1) is 0 Å². The van der Waals surface area contributed by atoms with Crippen LogP contribution in [0.25, 0.3) is 0 Å². The zero-order valence-corrected chi connectivity index (χ0v) is 18.0. The van der Waals surface area contributed by atoms with Crippen molar-refractivity contribution in [1.82, 2.24) is 4.90 Å². The third-order valence-corrected chi connectivity index (χ3v) is 5.26. The van der Waals surface area contributed by atoms with Crippen molar-refractivity contribution in [1.29, 1.82) is 0 Å². The fraction of sp³-hybridized carbons (Fsp3) is 0.200. The number of fused-ring (bicyclic) bond motifs is 1. The van der Waals surface area contributed by atoms with E-state index in [1.165, 1.54) is 7.11 Å². The van der Waals surface area contributed by atoms with E-state index < -0.39 is 0 Å². The van der Waals surface area contributed by atoms with Gasteiger partial charge in [-0.15, -0.1) is 0 Å². The van der Waals surface area contributed by atoms with E-state index in [1.54, 1.807) is 48.4 Å². The predicted octanol–water partition coefficient (Wildman–Crippen LogP) is 3.88. The molecule has 3 aromatic rings. The molecular formula is C25H24N2O5. The van der Waals surface area contributed by atoms with Gasteiger partial charge in [-0.05, 0) is 35.9 Å². The SMILES string of the molecule is COc1ccc(OC)c(NC(=O)c2ccc3c(c2)CN(Cc2ccccc2)C(=O)CO3)c1. The number of hydrogen-bond acceptors (Lipinski definition) is 5. The molecule has 3 aromatic carbocycles. The molecule has 0 saturated heterocycles. The summed E-state index contributed by atoms with van der Waals surface area (Å²) in [6, 6.07) is 20.1. The van der Waals surface area contributed by atoms with Crippen LogP contribution in [0.2, 0.25) is 0 Å². The molecule has 0 aliphatic carbocycles. The number of carbonyl (C=O) groups is 2. The molecule has 0 spiro atoms. The minimum Gasteiger partial charge on any atom is -0.497 e. The second-order valence-electron chi connectivity index (χ2n) is 7.37. The second kappa shape index (κ2) is 9.43. The third kappa shape index (κ3) is 4.67. The zero-order valence-electron chi connectivity index (χ0n) is 18.0. The molecule has 4 rings (SSSR count). The Morgan fingerprint density at radius 2 is 1.84 bits per heavy atom.